The van der Waals surface area contributed by atoms with Gasteiger partial charge < -0.3 is 10.1 Å². The Morgan fingerprint density at radius 1 is 1.27 bits per heavy atom. The Balaban J connectivity index is 1.82. The third-order valence-electron chi connectivity index (χ3n) is 2.50. The number of hydrogen-bond donors (Lipinski definition) is 1. The van der Waals surface area contributed by atoms with E-state index in [1.807, 2.05) is 16.8 Å². The minimum absolute atomic E-state index is 0.310. The summed E-state index contributed by atoms with van der Waals surface area (Å²) in [6.45, 7) is -0.594. The van der Waals surface area contributed by atoms with Gasteiger partial charge >= 0.3 is 5.97 Å². The molecule has 0 aliphatic rings. The maximum atomic E-state index is 13.3. The maximum Gasteiger partial charge on any atom is 0.331 e. The molecular weight excluding hydrogens is 312 g/mol. The second kappa shape index (κ2) is 7.46. The van der Waals surface area contributed by atoms with Crippen molar-refractivity contribution in [2.24, 2.45) is 0 Å². The number of thiophene rings is 1. The number of esters is 1. The van der Waals surface area contributed by atoms with Gasteiger partial charge in [-0.3, -0.25) is 4.79 Å². The van der Waals surface area contributed by atoms with E-state index in [9.17, 15) is 18.4 Å². The average molecular weight is 323 g/mol. The molecule has 0 radical (unpaired) electrons. The molecule has 2 aromatic rings. The van der Waals surface area contributed by atoms with E-state index < -0.39 is 30.1 Å². The van der Waals surface area contributed by atoms with Crippen molar-refractivity contribution in [1.82, 2.24) is 0 Å². The molecule has 1 aromatic heterocycles. The molecule has 22 heavy (non-hydrogen) atoms. The summed E-state index contributed by atoms with van der Waals surface area (Å²) in [6.07, 6.45) is 2.72. The summed E-state index contributed by atoms with van der Waals surface area (Å²) in [4.78, 5) is 22.9. The van der Waals surface area contributed by atoms with Crippen molar-refractivity contribution < 1.29 is 23.1 Å². The highest BCUT2D eigenvalue weighted by Gasteiger charge is 2.09. The lowest BCUT2D eigenvalue weighted by atomic mass is 10.3. The Morgan fingerprint density at radius 2 is 2.09 bits per heavy atom. The lowest BCUT2D eigenvalue weighted by Gasteiger charge is -2.06. The van der Waals surface area contributed by atoms with Crippen LogP contribution in [0.1, 0.15) is 5.56 Å². The maximum absolute atomic E-state index is 13.3. The molecule has 114 valence electrons. The molecule has 0 saturated heterocycles. The van der Waals surface area contributed by atoms with Gasteiger partial charge in [0.25, 0.3) is 5.91 Å². The average Bonchev–Trinajstić information content (AvgIpc) is 3.00. The molecule has 1 heterocycles. The number of carbonyl (C=O) groups excluding carboxylic acids is 2. The van der Waals surface area contributed by atoms with Gasteiger partial charge in [0.05, 0.1) is 5.69 Å². The molecule has 0 aliphatic heterocycles. The number of ether oxygens (including phenoxy) is 1. The van der Waals surface area contributed by atoms with Crippen LogP contribution in [0.5, 0.6) is 0 Å². The number of carbonyl (C=O) groups is 2. The van der Waals surface area contributed by atoms with E-state index in [0.717, 1.165) is 23.8 Å². The lowest BCUT2D eigenvalue weighted by molar-refractivity contribution is -0.142. The summed E-state index contributed by atoms with van der Waals surface area (Å²) in [5, 5.41) is 5.81. The quantitative estimate of drug-likeness (QED) is 0.679. The summed E-state index contributed by atoms with van der Waals surface area (Å²) in [7, 11) is 0. The van der Waals surface area contributed by atoms with E-state index in [-0.39, 0.29) is 5.69 Å². The highest BCUT2D eigenvalue weighted by molar-refractivity contribution is 7.08. The predicted octanol–water partition coefficient (Wildman–Crippen LogP) is 3.22. The van der Waals surface area contributed by atoms with Crippen LogP contribution in [0, 0.1) is 11.6 Å². The van der Waals surface area contributed by atoms with Gasteiger partial charge in [-0.2, -0.15) is 11.3 Å². The zero-order chi connectivity index (χ0) is 15.9. The molecular formula is C15H11F2NO3S. The third kappa shape index (κ3) is 4.78. The fourth-order valence-corrected chi connectivity index (χ4v) is 2.13. The van der Waals surface area contributed by atoms with Gasteiger partial charge in [-0.05, 0) is 40.6 Å². The molecule has 0 spiro atoms. The Bertz CT molecular complexity index is 699. The normalized spacial score (nSPS) is 10.6. The molecule has 0 aliphatic carbocycles. The van der Waals surface area contributed by atoms with E-state index >= 15 is 0 Å². The van der Waals surface area contributed by atoms with Crippen LogP contribution in [-0.4, -0.2) is 18.5 Å². The van der Waals surface area contributed by atoms with Crippen LogP contribution in [-0.2, 0) is 14.3 Å². The van der Waals surface area contributed by atoms with E-state index in [0.29, 0.717) is 0 Å². The monoisotopic (exact) mass is 323 g/mol. The van der Waals surface area contributed by atoms with Gasteiger partial charge in [-0.15, -0.1) is 0 Å². The van der Waals surface area contributed by atoms with Crippen molar-refractivity contribution in [2.75, 3.05) is 11.9 Å². The molecule has 1 aromatic carbocycles. The number of halogens is 2. The summed E-state index contributed by atoms with van der Waals surface area (Å²) < 4.78 is 30.9. The van der Waals surface area contributed by atoms with Gasteiger partial charge in [0, 0.05) is 12.1 Å². The summed E-state index contributed by atoms with van der Waals surface area (Å²) in [5.41, 5.74) is 0.531. The van der Waals surface area contributed by atoms with E-state index in [2.05, 4.69) is 5.32 Å². The van der Waals surface area contributed by atoms with Crippen molar-refractivity contribution in [1.29, 1.82) is 0 Å². The fraction of sp³-hybridized carbons (Fsp3) is 0.0667. The minimum Gasteiger partial charge on any atom is -0.452 e. The molecule has 0 atom stereocenters. The van der Waals surface area contributed by atoms with Gasteiger partial charge in [-0.25, -0.2) is 13.6 Å². The van der Waals surface area contributed by atoms with Crippen LogP contribution in [0.3, 0.4) is 0 Å². The SMILES string of the molecule is O=C(COC(=O)/C=C/c1ccsc1)Nc1cc(F)ccc1F. The number of benzene rings is 1. The molecule has 0 unspecified atom stereocenters. The highest BCUT2D eigenvalue weighted by Crippen LogP contribution is 2.15. The summed E-state index contributed by atoms with van der Waals surface area (Å²) in [6, 6.07) is 4.47. The largest absolute Gasteiger partial charge is 0.452 e. The van der Waals surface area contributed by atoms with E-state index in [1.54, 1.807) is 6.08 Å². The Hall–Kier alpha value is -2.54. The van der Waals surface area contributed by atoms with Crippen molar-refractivity contribution in [3.05, 3.63) is 58.3 Å². The number of nitrogens with one attached hydrogen (secondary N) is 1. The Morgan fingerprint density at radius 3 is 2.82 bits per heavy atom. The van der Waals surface area contributed by atoms with Crippen molar-refractivity contribution in [3.63, 3.8) is 0 Å². The summed E-state index contributed by atoms with van der Waals surface area (Å²) in [5.74, 6) is -2.94. The zero-order valence-corrected chi connectivity index (χ0v) is 12.0. The first-order valence-corrected chi connectivity index (χ1v) is 7.11. The summed E-state index contributed by atoms with van der Waals surface area (Å²) >= 11 is 1.48. The number of amides is 1. The van der Waals surface area contributed by atoms with Crippen LogP contribution in [0.4, 0.5) is 14.5 Å². The smallest absolute Gasteiger partial charge is 0.331 e. The fourth-order valence-electron chi connectivity index (χ4n) is 1.50. The van der Waals surface area contributed by atoms with Crippen molar-refractivity contribution >= 4 is 35.0 Å². The first kappa shape index (κ1) is 15.8. The Kier molecular flexibility index (Phi) is 5.37. The van der Waals surface area contributed by atoms with Crippen molar-refractivity contribution in [2.45, 2.75) is 0 Å². The highest BCUT2D eigenvalue weighted by atomic mass is 32.1. The molecule has 1 N–H and O–H groups in total. The Labute approximate surface area is 129 Å². The van der Waals surface area contributed by atoms with Gasteiger partial charge in [0.15, 0.2) is 6.61 Å². The molecule has 0 bridgehead atoms. The molecule has 7 heteroatoms. The first-order chi connectivity index (χ1) is 10.5. The second-order valence-electron chi connectivity index (χ2n) is 4.17. The van der Waals surface area contributed by atoms with Crippen LogP contribution in [0.2, 0.25) is 0 Å². The van der Waals surface area contributed by atoms with Gasteiger partial charge in [0.2, 0.25) is 0 Å². The van der Waals surface area contributed by atoms with Crippen LogP contribution >= 0.6 is 11.3 Å². The van der Waals surface area contributed by atoms with Gasteiger partial charge in [0.1, 0.15) is 11.6 Å². The number of rotatable bonds is 5. The van der Waals surface area contributed by atoms with Crippen LogP contribution in [0.25, 0.3) is 6.08 Å². The van der Waals surface area contributed by atoms with Crippen LogP contribution < -0.4 is 5.32 Å². The molecule has 1 amide bonds. The van der Waals surface area contributed by atoms with E-state index in [4.69, 9.17) is 4.74 Å². The lowest BCUT2D eigenvalue weighted by Crippen LogP contribution is -2.20. The predicted molar refractivity (Wildman–Crippen MR) is 79.3 cm³/mol. The minimum atomic E-state index is -0.779. The van der Waals surface area contributed by atoms with E-state index in [1.165, 1.54) is 17.4 Å². The first-order valence-electron chi connectivity index (χ1n) is 6.16. The molecule has 2 rings (SSSR count). The topological polar surface area (TPSA) is 55.4 Å². The number of hydrogen-bond acceptors (Lipinski definition) is 4. The molecule has 4 nitrogen and oxygen atoms in total. The second-order valence-corrected chi connectivity index (χ2v) is 4.95. The van der Waals surface area contributed by atoms with Crippen molar-refractivity contribution in [3.8, 4) is 0 Å². The van der Waals surface area contributed by atoms with Crippen LogP contribution in [0.15, 0.2) is 41.1 Å². The standard InChI is InChI=1S/C15H11F2NO3S/c16-11-2-3-12(17)13(7-11)18-14(19)8-21-15(20)4-1-10-5-6-22-9-10/h1-7,9H,8H2,(H,18,19)/b4-1+. The van der Waals surface area contributed by atoms with Gasteiger partial charge in [-0.1, -0.05) is 0 Å². The number of anilines is 1. The third-order valence-corrected chi connectivity index (χ3v) is 3.20. The molecule has 0 fully saturated rings. The molecule has 0 saturated carbocycles. The zero-order valence-electron chi connectivity index (χ0n) is 11.2.